The summed E-state index contributed by atoms with van der Waals surface area (Å²) in [4.78, 5) is 28.1. The number of carbonyl (C=O) groups is 1. The van der Waals surface area contributed by atoms with Crippen molar-refractivity contribution < 1.29 is 13.8 Å². The van der Waals surface area contributed by atoms with Gasteiger partial charge in [-0.15, -0.1) is 0 Å². The minimum atomic E-state index is -0.0933. The predicted octanol–water partition coefficient (Wildman–Crippen LogP) is 2.94. The topological polar surface area (TPSA) is 123 Å². The van der Waals surface area contributed by atoms with Crippen molar-refractivity contribution in [1.82, 2.24) is 25.3 Å². The second-order valence-electron chi connectivity index (χ2n) is 7.49. The highest BCUT2D eigenvalue weighted by Crippen LogP contribution is 2.31. The van der Waals surface area contributed by atoms with E-state index in [0.717, 1.165) is 24.2 Å². The number of piperidine rings is 1. The number of aryl methyl sites for hydroxylation is 3. The SMILES string of the molecule is CCCc1noc(-c2cnc(C)nc2N2CCC(C(=O)Nc3cc(C)on3)CC2)n1. The normalized spacial score (nSPS) is 14.8. The van der Waals surface area contributed by atoms with Crippen molar-refractivity contribution in [1.29, 1.82) is 0 Å². The van der Waals surface area contributed by atoms with E-state index in [1.165, 1.54) is 0 Å². The van der Waals surface area contributed by atoms with Crippen LogP contribution in [0, 0.1) is 19.8 Å². The number of hydrogen-bond acceptors (Lipinski definition) is 9. The largest absolute Gasteiger partial charge is 0.360 e. The lowest BCUT2D eigenvalue weighted by Gasteiger charge is -2.32. The molecule has 0 aromatic carbocycles. The highest BCUT2D eigenvalue weighted by atomic mass is 16.5. The van der Waals surface area contributed by atoms with Gasteiger partial charge in [-0.1, -0.05) is 17.2 Å². The maximum atomic E-state index is 12.6. The van der Waals surface area contributed by atoms with Crippen LogP contribution in [0.4, 0.5) is 11.6 Å². The van der Waals surface area contributed by atoms with E-state index < -0.39 is 0 Å². The summed E-state index contributed by atoms with van der Waals surface area (Å²) in [6.45, 7) is 7.09. The van der Waals surface area contributed by atoms with Crippen LogP contribution < -0.4 is 10.2 Å². The summed E-state index contributed by atoms with van der Waals surface area (Å²) < 4.78 is 10.5. The molecule has 1 fully saturated rings. The number of hydrogen-bond donors (Lipinski definition) is 1. The molecule has 0 atom stereocenters. The van der Waals surface area contributed by atoms with E-state index in [1.807, 2.05) is 6.92 Å². The molecule has 10 heteroatoms. The van der Waals surface area contributed by atoms with Crippen LogP contribution in [0.2, 0.25) is 0 Å². The molecule has 158 valence electrons. The average molecular weight is 411 g/mol. The molecular weight excluding hydrogens is 386 g/mol. The monoisotopic (exact) mass is 411 g/mol. The molecule has 0 unspecified atom stereocenters. The van der Waals surface area contributed by atoms with E-state index in [4.69, 9.17) is 9.05 Å². The van der Waals surface area contributed by atoms with Gasteiger partial charge in [-0.05, 0) is 33.1 Å². The Morgan fingerprint density at radius 2 is 2.00 bits per heavy atom. The molecule has 10 nitrogen and oxygen atoms in total. The second-order valence-corrected chi connectivity index (χ2v) is 7.49. The minimum absolute atomic E-state index is 0.0387. The Labute approximate surface area is 174 Å². The fourth-order valence-electron chi connectivity index (χ4n) is 3.55. The Kier molecular flexibility index (Phi) is 5.73. The molecule has 1 saturated heterocycles. The molecule has 0 saturated carbocycles. The fraction of sp³-hybridized carbons (Fsp3) is 0.500. The summed E-state index contributed by atoms with van der Waals surface area (Å²) in [5.41, 5.74) is 0.719. The van der Waals surface area contributed by atoms with Crippen molar-refractivity contribution in [3.05, 3.63) is 29.7 Å². The Hall–Kier alpha value is -3.30. The zero-order valence-corrected chi connectivity index (χ0v) is 17.4. The summed E-state index contributed by atoms with van der Waals surface area (Å²) in [6.07, 6.45) is 4.84. The maximum absolute atomic E-state index is 12.6. The third-order valence-corrected chi connectivity index (χ3v) is 5.11. The molecule has 0 radical (unpaired) electrons. The van der Waals surface area contributed by atoms with Crippen LogP contribution in [0.3, 0.4) is 0 Å². The summed E-state index contributed by atoms with van der Waals surface area (Å²) in [6, 6.07) is 1.71. The van der Waals surface area contributed by atoms with Crippen molar-refractivity contribution in [3.63, 3.8) is 0 Å². The highest BCUT2D eigenvalue weighted by Gasteiger charge is 2.28. The Balaban J connectivity index is 1.46. The molecule has 4 heterocycles. The molecule has 4 rings (SSSR count). The van der Waals surface area contributed by atoms with E-state index in [2.05, 4.69) is 42.4 Å². The number of nitrogens with zero attached hydrogens (tertiary/aromatic N) is 6. The lowest BCUT2D eigenvalue weighted by atomic mass is 9.95. The van der Waals surface area contributed by atoms with Gasteiger partial charge in [0.1, 0.15) is 23.0 Å². The molecule has 1 aliphatic heterocycles. The molecule has 3 aromatic rings. The van der Waals surface area contributed by atoms with Crippen molar-refractivity contribution in [2.24, 2.45) is 5.92 Å². The first kappa shape index (κ1) is 20.0. The smallest absolute Gasteiger partial charge is 0.263 e. The molecule has 1 amide bonds. The Morgan fingerprint density at radius 3 is 2.70 bits per heavy atom. The van der Waals surface area contributed by atoms with E-state index in [9.17, 15) is 4.79 Å². The zero-order valence-electron chi connectivity index (χ0n) is 17.4. The summed E-state index contributed by atoms with van der Waals surface area (Å²) in [5, 5.41) is 10.7. The van der Waals surface area contributed by atoms with Gasteiger partial charge in [-0.3, -0.25) is 4.79 Å². The first-order valence-electron chi connectivity index (χ1n) is 10.2. The summed E-state index contributed by atoms with van der Waals surface area (Å²) in [7, 11) is 0. The minimum Gasteiger partial charge on any atom is -0.360 e. The molecule has 1 N–H and O–H groups in total. The molecule has 30 heavy (non-hydrogen) atoms. The van der Waals surface area contributed by atoms with Gasteiger partial charge in [-0.25, -0.2) is 9.97 Å². The highest BCUT2D eigenvalue weighted by molar-refractivity contribution is 5.91. The Morgan fingerprint density at radius 1 is 1.20 bits per heavy atom. The molecule has 0 bridgehead atoms. The zero-order chi connectivity index (χ0) is 21.1. The number of rotatable bonds is 6. The summed E-state index contributed by atoms with van der Waals surface area (Å²) in [5.74, 6) is 3.52. The molecular formula is C20H25N7O3. The first-order valence-corrected chi connectivity index (χ1v) is 10.2. The lowest BCUT2D eigenvalue weighted by Crippen LogP contribution is -2.39. The van der Waals surface area contributed by atoms with Gasteiger partial charge in [0.15, 0.2) is 11.6 Å². The van der Waals surface area contributed by atoms with Gasteiger partial charge >= 0.3 is 0 Å². The molecule has 0 aliphatic carbocycles. The quantitative estimate of drug-likeness (QED) is 0.652. The van der Waals surface area contributed by atoms with Crippen molar-refractivity contribution >= 4 is 17.5 Å². The maximum Gasteiger partial charge on any atom is 0.263 e. The van der Waals surface area contributed by atoms with Crippen molar-refractivity contribution in [2.75, 3.05) is 23.3 Å². The van der Waals surface area contributed by atoms with Crippen LogP contribution in [0.25, 0.3) is 11.5 Å². The van der Waals surface area contributed by atoms with Gasteiger partial charge in [0.05, 0.1) is 0 Å². The number of carbonyl (C=O) groups excluding carboxylic acids is 1. The van der Waals surface area contributed by atoms with Crippen molar-refractivity contribution in [2.45, 2.75) is 46.5 Å². The number of anilines is 2. The molecule has 1 aliphatic rings. The fourth-order valence-corrected chi connectivity index (χ4v) is 3.55. The van der Waals surface area contributed by atoms with Gasteiger partial charge in [0.2, 0.25) is 5.91 Å². The average Bonchev–Trinajstić information content (AvgIpc) is 3.37. The van der Waals surface area contributed by atoms with Gasteiger partial charge in [0, 0.05) is 37.7 Å². The van der Waals surface area contributed by atoms with Gasteiger partial charge in [-0.2, -0.15) is 4.98 Å². The second kappa shape index (κ2) is 8.60. The van der Waals surface area contributed by atoms with E-state index >= 15 is 0 Å². The van der Waals surface area contributed by atoms with Crippen LogP contribution in [0.15, 0.2) is 21.3 Å². The third kappa shape index (κ3) is 4.32. The third-order valence-electron chi connectivity index (χ3n) is 5.11. The number of aromatic nitrogens is 5. The predicted molar refractivity (Wildman–Crippen MR) is 109 cm³/mol. The van der Waals surface area contributed by atoms with Gasteiger partial charge < -0.3 is 19.3 Å². The molecule has 3 aromatic heterocycles. The van der Waals surface area contributed by atoms with E-state index in [0.29, 0.717) is 55.0 Å². The lowest BCUT2D eigenvalue weighted by molar-refractivity contribution is -0.120. The van der Waals surface area contributed by atoms with Crippen LogP contribution >= 0.6 is 0 Å². The van der Waals surface area contributed by atoms with Crippen LogP contribution in [0.1, 0.15) is 43.6 Å². The standard InChI is InChI=1S/C20H25N7O3/c1-4-5-16-24-20(30-25-16)15-11-21-13(3)22-18(15)27-8-6-14(7-9-27)19(28)23-17-10-12(2)29-26-17/h10-11,14H,4-9H2,1-3H3,(H,23,26,28). The first-order chi connectivity index (χ1) is 14.5. The number of nitrogens with one attached hydrogen (secondary N) is 1. The molecule has 0 spiro atoms. The van der Waals surface area contributed by atoms with E-state index in [-0.39, 0.29) is 11.8 Å². The number of amides is 1. The van der Waals surface area contributed by atoms with Crippen molar-refractivity contribution in [3.8, 4) is 11.5 Å². The van der Waals surface area contributed by atoms with E-state index in [1.54, 1.807) is 19.2 Å². The summed E-state index contributed by atoms with van der Waals surface area (Å²) >= 11 is 0. The van der Waals surface area contributed by atoms with Gasteiger partial charge in [0.25, 0.3) is 5.89 Å². The van der Waals surface area contributed by atoms with Crippen LogP contribution in [-0.2, 0) is 11.2 Å². The Bertz CT molecular complexity index is 1020. The van der Waals surface area contributed by atoms with Crippen LogP contribution in [-0.4, -0.2) is 44.3 Å². The van der Waals surface area contributed by atoms with Crippen LogP contribution in [0.5, 0.6) is 0 Å².